The summed E-state index contributed by atoms with van der Waals surface area (Å²) in [6, 6.07) is 0. The van der Waals surface area contributed by atoms with Crippen LogP contribution >= 0.6 is 0 Å². The molecule has 1 atom stereocenters. The molecule has 0 aliphatic heterocycles. The molecule has 0 bridgehead atoms. The van der Waals surface area contributed by atoms with Crippen molar-refractivity contribution in [1.82, 2.24) is 0 Å². The van der Waals surface area contributed by atoms with Gasteiger partial charge in [-0.2, -0.15) is 0 Å². The molecule has 0 rings (SSSR count). The summed E-state index contributed by atoms with van der Waals surface area (Å²) in [4.78, 5) is 38.1. The SMILES string of the molecule is CC/C=C\C/C=C\C/C=C\C/C=C\C/C=C\CCCCCC(=O)O[C@H](COC(=O)CCCCCCCCC/C=C\CCCCCC)COC(=O)CCCCCCCCCCCCCCC. The third-order valence-electron chi connectivity index (χ3n) is 11.7. The Labute approximate surface area is 402 Å². The number of esters is 3. The van der Waals surface area contributed by atoms with Crippen molar-refractivity contribution in [2.45, 2.75) is 271 Å². The fourth-order valence-corrected chi connectivity index (χ4v) is 7.58. The molecule has 6 nitrogen and oxygen atoms in total. The molecule has 6 heteroatoms. The van der Waals surface area contributed by atoms with Gasteiger partial charge in [0.15, 0.2) is 6.10 Å². The van der Waals surface area contributed by atoms with Gasteiger partial charge in [0.25, 0.3) is 0 Å². The highest BCUT2D eigenvalue weighted by Gasteiger charge is 2.19. The van der Waals surface area contributed by atoms with E-state index < -0.39 is 6.10 Å². The average molecular weight is 907 g/mol. The van der Waals surface area contributed by atoms with Gasteiger partial charge in [0.05, 0.1) is 0 Å². The van der Waals surface area contributed by atoms with Crippen molar-refractivity contribution in [1.29, 1.82) is 0 Å². The number of allylic oxidation sites excluding steroid dienone is 12. The highest BCUT2D eigenvalue weighted by molar-refractivity contribution is 5.71. The normalized spacial score (nSPS) is 12.6. The molecule has 0 saturated carbocycles. The van der Waals surface area contributed by atoms with E-state index in [-0.39, 0.29) is 31.1 Å². The lowest BCUT2D eigenvalue weighted by molar-refractivity contribution is -0.167. The first kappa shape index (κ1) is 61.9. The summed E-state index contributed by atoms with van der Waals surface area (Å²) in [7, 11) is 0. The number of ether oxygens (including phenoxy) is 3. The van der Waals surface area contributed by atoms with Gasteiger partial charge < -0.3 is 14.2 Å². The number of carbonyl (C=O) groups is 3. The van der Waals surface area contributed by atoms with Crippen LogP contribution in [-0.4, -0.2) is 37.2 Å². The minimum absolute atomic E-state index is 0.0882. The lowest BCUT2D eigenvalue weighted by atomic mass is 10.0. The van der Waals surface area contributed by atoms with Crippen LogP contribution in [0.5, 0.6) is 0 Å². The van der Waals surface area contributed by atoms with Gasteiger partial charge in [-0.25, -0.2) is 0 Å². The number of carbonyl (C=O) groups excluding carboxylic acids is 3. The summed E-state index contributed by atoms with van der Waals surface area (Å²) in [5.41, 5.74) is 0. The van der Waals surface area contributed by atoms with E-state index in [0.29, 0.717) is 19.3 Å². The zero-order chi connectivity index (χ0) is 47.2. The van der Waals surface area contributed by atoms with Crippen LogP contribution in [0.2, 0.25) is 0 Å². The summed E-state index contributed by atoms with van der Waals surface area (Å²) in [6.45, 7) is 6.49. The van der Waals surface area contributed by atoms with E-state index in [0.717, 1.165) is 96.3 Å². The van der Waals surface area contributed by atoms with Crippen molar-refractivity contribution in [2.24, 2.45) is 0 Å². The first-order valence-electron chi connectivity index (χ1n) is 27.4. The Morgan fingerprint density at radius 3 is 0.985 bits per heavy atom. The first-order chi connectivity index (χ1) is 32.0. The fourth-order valence-electron chi connectivity index (χ4n) is 7.58. The fraction of sp³-hybridized carbons (Fsp3) is 0.746. The molecule has 0 amide bonds. The molecule has 0 aliphatic rings. The van der Waals surface area contributed by atoms with Crippen molar-refractivity contribution in [3.05, 3.63) is 72.9 Å². The molecule has 0 aromatic heterocycles. The van der Waals surface area contributed by atoms with Crippen LogP contribution in [0.25, 0.3) is 0 Å². The standard InChI is InChI=1S/C59H102O6/c1-4-7-10-13-16-19-22-25-27-28-29-30-32-35-38-41-44-47-50-53-59(62)65-56(54-63-57(60)51-48-45-42-39-36-33-24-21-18-15-12-9-6-3)55-64-58(61)52-49-46-43-40-37-34-31-26-23-20-17-14-11-8-5-2/h7,10,16,19-20,23,25,27,29-30,35,38,56H,4-6,8-9,11-15,17-18,21-22,24,26,28,31-34,36-37,39-55H2,1-3H3/b10-7-,19-16-,23-20-,27-25-,30-29-,38-35-/t56-/m0/s1. The maximum Gasteiger partial charge on any atom is 0.306 e. The van der Waals surface area contributed by atoms with Gasteiger partial charge in [-0.1, -0.05) is 229 Å². The topological polar surface area (TPSA) is 78.9 Å². The third-order valence-corrected chi connectivity index (χ3v) is 11.7. The molecule has 0 spiro atoms. The van der Waals surface area contributed by atoms with Crippen LogP contribution in [0.3, 0.4) is 0 Å². The second kappa shape index (κ2) is 53.5. The zero-order valence-corrected chi connectivity index (χ0v) is 42.7. The second-order valence-corrected chi connectivity index (χ2v) is 18.1. The number of hydrogen-bond donors (Lipinski definition) is 0. The van der Waals surface area contributed by atoms with Gasteiger partial charge in [-0.3, -0.25) is 14.4 Å². The summed E-state index contributed by atoms with van der Waals surface area (Å²) >= 11 is 0. The zero-order valence-electron chi connectivity index (χ0n) is 42.7. The van der Waals surface area contributed by atoms with E-state index in [1.54, 1.807) is 0 Å². The van der Waals surface area contributed by atoms with E-state index in [9.17, 15) is 14.4 Å². The highest BCUT2D eigenvalue weighted by Crippen LogP contribution is 2.15. The highest BCUT2D eigenvalue weighted by atomic mass is 16.6. The number of unbranched alkanes of at least 4 members (excludes halogenated alkanes) is 26. The molecule has 0 aliphatic carbocycles. The van der Waals surface area contributed by atoms with Crippen LogP contribution in [-0.2, 0) is 28.6 Å². The Morgan fingerprint density at radius 1 is 0.323 bits per heavy atom. The van der Waals surface area contributed by atoms with Gasteiger partial charge >= 0.3 is 17.9 Å². The van der Waals surface area contributed by atoms with E-state index in [4.69, 9.17) is 14.2 Å². The van der Waals surface area contributed by atoms with Crippen molar-refractivity contribution in [2.75, 3.05) is 13.2 Å². The van der Waals surface area contributed by atoms with Gasteiger partial charge in [0.1, 0.15) is 13.2 Å². The lowest BCUT2D eigenvalue weighted by Crippen LogP contribution is -2.30. The Bertz CT molecular complexity index is 1230. The van der Waals surface area contributed by atoms with Gasteiger partial charge in [-0.15, -0.1) is 0 Å². The number of hydrogen-bond acceptors (Lipinski definition) is 6. The molecule has 374 valence electrons. The van der Waals surface area contributed by atoms with Crippen LogP contribution in [0.15, 0.2) is 72.9 Å². The maximum absolute atomic E-state index is 12.8. The summed E-state index contributed by atoms with van der Waals surface area (Å²) in [6.07, 6.45) is 67.4. The molecular formula is C59H102O6. The smallest absolute Gasteiger partial charge is 0.306 e. The minimum atomic E-state index is -0.792. The van der Waals surface area contributed by atoms with Crippen molar-refractivity contribution in [3.8, 4) is 0 Å². The van der Waals surface area contributed by atoms with Crippen LogP contribution in [0.1, 0.15) is 265 Å². The third kappa shape index (κ3) is 51.7. The van der Waals surface area contributed by atoms with Gasteiger partial charge in [0, 0.05) is 19.3 Å². The van der Waals surface area contributed by atoms with E-state index in [2.05, 4.69) is 93.7 Å². The second-order valence-electron chi connectivity index (χ2n) is 18.1. The predicted octanol–water partition coefficient (Wildman–Crippen LogP) is 18.2. The molecular weight excluding hydrogens is 805 g/mol. The molecule has 0 aromatic rings. The quantitative estimate of drug-likeness (QED) is 0.0262. The predicted molar refractivity (Wildman–Crippen MR) is 279 cm³/mol. The maximum atomic E-state index is 12.8. The van der Waals surface area contributed by atoms with Crippen LogP contribution < -0.4 is 0 Å². The van der Waals surface area contributed by atoms with Crippen molar-refractivity contribution >= 4 is 17.9 Å². The lowest BCUT2D eigenvalue weighted by Gasteiger charge is -2.18. The summed E-state index contributed by atoms with van der Waals surface area (Å²) < 4.78 is 16.8. The van der Waals surface area contributed by atoms with Crippen molar-refractivity contribution < 1.29 is 28.6 Å². The first-order valence-corrected chi connectivity index (χ1v) is 27.4. The molecule has 0 N–H and O–H groups in total. The Kier molecular flexibility index (Phi) is 50.9. The summed E-state index contributed by atoms with van der Waals surface area (Å²) in [5.74, 6) is -0.919. The molecule has 0 heterocycles. The number of rotatable bonds is 49. The molecule has 0 radical (unpaired) electrons. The Hall–Kier alpha value is -3.15. The molecule has 0 unspecified atom stereocenters. The summed E-state index contributed by atoms with van der Waals surface area (Å²) in [5, 5.41) is 0. The average Bonchev–Trinajstić information content (AvgIpc) is 3.30. The largest absolute Gasteiger partial charge is 0.462 e. The Morgan fingerprint density at radius 2 is 0.600 bits per heavy atom. The molecule has 0 saturated heterocycles. The van der Waals surface area contributed by atoms with Gasteiger partial charge in [0.2, 0.25) is 0 Å². The van der Waals surface area contributed by atoms with Gasteiger partial charge in [-0.05, 0) is 89.9 Å². The molecule has 0 fully saturated rings. The van der Waals surface area contributed by atoms with E-state index in [1.165, 1.54) is 128 Å². The van der Waals surface area contributed by atoms with Crippen LogP contribution in [0, 0.1) is 0 Å². The monoisotopic (exact) mass is 907 g/mol. The van der Waals surface area contributed by atoms with Crippen LogP contribution in [0.4, 0.5) is 0 Å². The van der Waals surface area contributed by atoms with E-state index in [1.807, 2.05) is 0 Å². The van der Waals surface area contributed by atoms with Crippen molar-refractivity contribution in [3.63, 3.8) is 0 Å². The molecule has 65 heavy (non-hydrogen) atoms. The Balaban J connectivity index is 4.44. The van der Waals surface area contributed by atoms with E-state index >= 15 is 0 Å². The molecule has 0 aromatic carbocycles. The minimum Gasteiger partial charge on any atom is -0.462 e.